The minimum atomic E-state index is -0.664. The van der Waals surface area contributed by atoms with Gasteiger partial charge in [0.25, 0.3) is 5.91 Å². The molecule has 11 nitrogen and oxygen atoms in total. The Labute approximate surface area is 196 Å². The number of rotatable bonds is 8. The number of para-hydroxylation sites is 1. The molecule has 0 N–H and O–H groups in total. The van der Waals surface area contributed by atoms with Gasteiger partial charge in [-0.15, -0.1) is 0 Å². The quantitative estimate of drug-likeness (QED) is 0.204. The van der Waals surface area contributed by atoms with Gasteiger partial charge in [-0.1, -0.05) is 17.4 Å². The number of methoxy groups -OCH3 is 3. The number of fused-ring (bicyclic) bond motifs is 1. The first kappa shape index (κ1) is 22.7. The Kier molecular flexibility index (Phi) is 6.41. The van der Waals surface area contributed by atoms with Gasteiger partial charge in [-0.05, 0) is 36.4 Å². The van der Waals surface area contributed by atoms with Crippen LogP contribution in [0.25, 0.3) is 10.2 Å². The van der Waals surface area contributed by atoms with Crippen molar-refractivity contribution in [2.75, 3.05) is 26.3 Å². The molecule has 0 spiro atoms. The number of nitro groups is 1. The summed E-state index contributed by atoms with van der Waals surface area (Å²) in [6.07, 6.45) is 1.20. The second kappa shape index (κ2) is 9.58. The lowest BCUT2D eigenvalue weighted by Crippen LogP contribution is -2.26. The maximum absolute atomic E-state index is 13.6. The number of thiazole rings is 1. The molecule has 0 aliphatic heterocycles. The Bertz CT molecular complexity index is 1400. The molecule has 4 aromatic rings. The van der Waals surface area contributed by atoms with Gasteiger partial charge in [-0.2, -0.15) is 10.1 Å². The zero-order valence-electron chi connectivity index (χ0n) is 18.3. The predicted octanol–water partition coefficient (Wildman–Crippen LogP) is 4.50. The number of carbonyl (C=O) groups is 1. The molecular formula is C22H18N4O7S. The molecule has 0 fully saturated rings. The topological polar surface area (TPSA) is 130 Å². The highest BCUT2D eigenvalue weighted by molar-refractivity contribution is 7.22. The van der Waals surface area contributed by atoms with Crippen LogP contribution in [0.3, 0.4) is 0 Å². The number of furan rings is 1. The summed E-state index contributed by atoms with van der Waals surface area (Å²) in [5, 5.41) is 16.5. The molecule has 0 saturated heterocycles. The van der Waals surface area contributed by atoms with Crippen molar-refractivity contribution < 1.29 is 28.3 Å². The molecule has 0 aliphatic carbocycles. The summed E-state index contributed by atoms with van der Waals surface area (Å²) in [4.78, 5) is 28.4. The van der Waals surface area contributed by atoms with Gasteiger partial charge in [0.15, 0.2) is 17.3 Å². The van der Waals surface area contributed by atoms with Crippen molar-refractivity contribution in [1.82, 2.24) is 4.98 Å². The maximum Gasteiger partial charge on any atom is 0.433 e. The van der Waals surface area contributed by atoms with E-state index in [1.165, 1.54) is 43.9 Å². The number of anilines is 1. The number of carbonyl (C=O) groups excluding carboxylic acids is 1. The molecule has 34 heavy (non-hydrogen) atoms. The van der Waals surface area contributed by atoms with Gasteiger partial charge in [0.05, 0.1) is 49.4 Å². The fourth-order valence-electron chi connectivity index (χ4n) is 3.09. The van der Waals surface area contributed by atoms with E-state index in [1.807, 2.05) is 0 Å². The molecule has 12 heteroatoms. The molecule has 0 atom stereocenters. The molecule has 0 radical (unpaired) electrons. The molecule has 0 aliphatic rings. The molecule has 2 heterocycles. The molecule has 4 rings (SSSR count). The Morgan fingerprint density at radius 2 is 1.97 bits per heavy atom. The Morgan fingerprint density at radius 1 is 1.15 bits per heavy atom. The van der Waals surface area contributed by atoms with E-state index in [-0.39, 0.29) is 22.2 Å². The molecule has 2 aromatic heterocycles. The van der Waals surface area contributed by atoms with Crippen LogP contribution in [0.4, 0.5) is 11.0 Å². The molecular weight excluding hydrogens is 464 g/mol. The van der Waals surface area contributed by atoms with E-state index >= 15 is 0 Å². The number of amides is 1. The Morgan fingerprint density at radius 3 is 2.65 bits per heavy atom. The smallest absolute Gasteiger partial charge is 0.433 e. The van der Waals surface area contributed by atoms with Gasteiger partial charge in [0, 0.05) is 0 Å². The van der Waals surface area contributed by atoms with Gasteiger partial charge >= 0.3 is 5.88 Å². The highest BCUT2D eigenvalue weighted by Gasteiger charge is 2.26. The van der Waals surface area contributed by atoms with Crippen molar-refractivity contribution in [1.29, 1.82) is 0 Å². The van der Waals surface area contributed by atoms with Crippen LogP contribution in [0.2, 0.25) is 0 Å². The molecule has 0 bridgehead atoms. The monoisotopic (exact) mass is 482 g/mol. The lowest BCUT2D eigenvalue weighted by Gasteiger charge is -2.17. The summed E-state index contributed by atoms with van der Waals surface area (Å²) < 4.78 is 21.9. The third-order valence-corrected chi connectivity index (χ3v) is 5.68. The van der Waals surface area contributed by atoms with E-state index in [0.29, 0.717) is 17.0 Å². The largest absolute Gasteiger partial charge is 0.497 e. The second-order valence-electron chi connectivity index (χ2n) is 6.67. The number of ether oxygens (including phenoxy) is 3. The lowest BCUT2D eigenvalue weighted by molar-refractivity contribution is -0.402. The zero-order valence-corrected chi connectivity index (χ0v) is 19.1. The van der Waals surface area contributed by atoms with Crippen LogP contribution in [0.1, 0.15) is 16.1 Å². The predicted molar refractivity (Wildman–Crippen MR) is 125 cm³/mol. The van der Waals surface area contributed by atoms with E-state index in [9.17, 15) is 14.9 Å². The van der Waals surface area contributed by atoms with Crippen molar-refractivity contribution in [2.45, 2.75) is 0 Å². The van der Waals surface area contributed by atoms with Crippen LogP contribution in [-0.2, 0) is 0 Å². The third kappa shape index (κ3) is 4.38. The van der Waals surface area contributed by atoms with Crippen molar-refractivity contribution >= 4 is 44.7 Å². The van der Waals surface area contributed by atoms with Crippen LogP contribution in [0, 0.1) is 10.1 Å². The van der Waals surface area contributed by atoms with Gasteiger partial charge < -0.3 is 18.6 Å². The minimum absolute atomic E-state index is 0.0879. The number of hydrazone groups is 1. The van der Waals surface area contributed by atoms with E-state index in [0.717, 1.165) is 9.71 Å². The summed E-state index contributed by atoms with van der Waals surface area (Å²) in [5.41, 5.74) is 0.821. The number of hydrogen-bond acceptors (Lipinski definition) is 10. The normalized spacial score (nSPS) is 11.0. The first-order valence-corrected chi connectivity index (χ1v) is 10.5. The summed E-state index contributed by atoms with van der Waals surface area (Å²) in [6, 6.07) is 12.8. The van der Waals surface area contributed by atoms with Crippen molar-refractivity contribution in [3.63, 3.8) is 0 Å². The summed E-state index contributed by atoms with van der Waals surface area (Å²) in [6.45, 7) is 0. The van der Waals surface area contributed by atoms with Gasteiger partial charge in [0.2, 0.25) is 5.13 Å². The van der Waals surface area contributed by atoms with Crippen LogP contribution in [0.15, 0.2) is 58.0 Å². The van der Waals surface area contributed by atoms with Crippen LogP contribution >= 0.6 is 11.3 Å². The third-order valence-electron chi connectivity index (χ3n) is 4.68. The Balaban J connectivity index is 1.80. The van der Waals surface area contributed by atoms with Crippen LogP contribution in [0.5, 0.6) is 17.2 Å². The molecule has 1 amide bonds. The zero-order chi connectivity index (χ0) is 24.2. The molecule has 0 unspecified atom stereocenters. The number of hydrogen-bond donors (Lipinski definition) is 0. The van der Waals surface area contributed by atoms with E-state index in [4.69, 9.17) is 18.6 Å². The van der Waals surface area contributed by atoms with Crippen LogP contribution < -0.4 is 19.2 Å². The number of benzene rings is 2. The SMILES string of the molecule is COc1ccc2nc(N(/N=C/c3ccc([N+](=O)[O-])o3)C(=O)c3cccc(OC)c3OC)sc2c1. The molecule has 0 saturated carbocycles. The van der Waals surface area contributed by atoms with Crippen molar-refractivity contribution in [2.24, 2.45) is 5.10 Å². The summed E-state index contributed by atoms with van der Waals surface area (Å²) in [7, 11) is 4.45. The summed E-state index contributed by atoms with van der Waals surface area (Å²) >= 11 is 1.22. The van der Waals surface area contributed by atoms with Gasteiger partial charge in [0.1, 0.15) is 10.7 Å². The van der Waals surface area contributed by atoms with Gasteiger partial charge in [-0.3, -0.25) is 14.9 Å². The highest BCUT2D eigenvalue weighted by atomic mass is 32.1. The first-order valence-electron chi connectivity index (χ1n) is 9.73. The molecule has 2 aromatic carbocycles. The Hall–Kier alpha value is -4.45. The number of aromatic nitrogens is 1. The van der Waals surface area contributed by atoms with E-state index in [1.54, 1.807) is 43.5 Å². The van der Waals surface area contributed by atoms with Crippen LogP contribution in [-0.4, -0.2) is 43.4 Å². The molecule has 174 valence electrons. The standard InChI is InChI=1S/C22H18N4O7S/c1-30-13-7-9-16-18(11-13)34-22(24-16)25(23-12-14-8-10-19(33-14)26(28)29)21(27)15-5-4-6-17(31-2)20(15)32-3/h4-12H,1-3H3/b23-12+. The minimum Gasteiger partial charge on any atom is -0.497 e. The van der Waals surface area contributed by atoms with Crippen molar-refractivity contribution in [3.05, 3.63) is 70.0 Å². The average Bonchev–Trinajstić information content (AvgIpc) is 3.50. The van der Waals surface area contributed by atoms with Crippen molar-refractivity contribution in [3.8, 4) is 17.2 Å². The van der Waals surface area contributed by atoms with E-state index in [2.05, 4.69) is 10.1 Å². The average molecular weight is 482 g/mol. The summed E-state index contributed by atoms with van der Waals surface area (Å²) in [5.74, 6) is 0.325. The fourth-order valence-corrected chi connectivity index (χ4v) is 4.04. The number of nitrogens with zero attached hydrogens (tertiary/aromatic N) is 4. The first-order chi connectivity index (χ1) is 16.4. The van der Waals surface area contributed by atoms with E-state index < -0.39 is 16.7 Å². The fraction of sp³-hybridized carbons (Fsp3) is 0.136. The van der Waals surface area contributed by atoms with Gasteiger partial charge in [-0.25, -0.2) is 4.98 Å². The lowest BCUT2D eigenvalue weighted by atomic mass is 10.1. The maximum atomic E-state index is 13.6. The second-order valence-corrected chi connectivity index (χ2v) is 7.67. The highest BCUT2D eigenvalue weighted by Crippen LogP contribution is 2.36.